The predicted octanol–water partition coefficient (Wildman–Crippen LogP) is 8.45. The zero-order chi connectivity index (χ0) is 23.8. The van der Waals surface area contributed by atoms with Gasteiger partial charge in [0.25, 0.3) is 0 Å². The summed E-state index contributed by atoms with van der Waals surface area (Å²) in [7, 11) is 0. The van der Waals surface area contributed by atoms with Crippen LogP contribution in [-0.2, 0) is 12.8 Å². The van der Waals surface area contributed by atoms with Crippen LogP contribution in [0.15, 0.2) is 36.9 Å². The Kier molecular flexibility index (Phi) is 9.40. The Hall–Kier alpha value is -2.30. The summed E-state index contributed by atoms with van der Waals surface area (Å²) in [6.45, 7) is 5.67. The molecule has 0 bridgehead atoms. The van der Waals surface area contributed by atoms with Gasteiger partial charge in [0.15, 0.2) is 23.2 Å². The number of hydrogen-bond acceptors (Lipinski definition) is 1. The molecule has 0 radical (unpaired) electrons. The molecule has 0 unspecified atom stereocenters. The molecule has 1 fully saturated rings. The summed E-state index contributed by atoms with van der Waals surface area (Å²) in [6.07, 6.45) is 9.52. The van der Waals surface area contributed by atoms with Gasteiger partial charge in [-0.15, -0.1) is 6.58 Å². The normalized spacial score (nSPS) is 18.3. The molecule has 0 heterocycles. The summed E-state index contributed by atoms with van der Waals surface area (Å²) in [5, 5.41) is 0. The molecule has 0 aromatic heterocycles. The lowest BCUT2D eigenvalue weighted by molar-refractivity contribution is 0.298. The fraction of sp³-hybridized carbons (Fsp3) is 0.500. The quantitative estimate of drug-likeness (QED) is 0.185. The van der Waals surface area contributed by atoms with Gasteiger partial charge in [0.1, 0.15) is 0 Å². The molecule has 0 amide bonds. The molecule has 3 rings (SSSR count). The van der Waals surface area contributed by atoms with Crippen molar-refractivity contribution in [1.82, 2.24) is 0 Å². The lowest BCUT2D eigenvalue weighted by atomic mass is 9.76. The van der Waals surface area contributed by atoms with E-state index in [-0.39, 0.29) is 18.3 Å². The molecule has 0 atom stereocenters. The minimum Gasteiger partial charge on any atom is -0.491 e. The maximum absolute atomic E-state index is 14.7. The number of unbranched alkanes of at least 4 members (excludes halogenated alkanes) is 1. The van der Waals surface area contributed by atoms with Crippen molar-refractivity contribution < 1.29 is 22.3 Å². The van der Waals surface area contributed by atoms with E-state index in [4.69, 9.17) is 4.74 Å². The number of halogens is 4. The summed E-state index contributed by atoms with van der Waals surface area (Å²) >= 11 is 0. The van der Waals surface area contributed by atoms with Gasteiger partial charge in [0, 0.05) is 0 Å². The molecule has 1 saturated carbocycles. The second kappa shape index (κ2) is 12.2. The molecular formula is C28H34F4O. The average molecular weight is 463 g/mol. The Balaban J connectivity index is 1.49. The van der Waals surface area contributed by atoms with Crippen LogP contribution in [0.5, 0.6) is 5.75 Å². The van der Waals surface area contributed by atoms with E-state index >= 15 is 0 Å². The number of hydrogen-bond donors (Lipinski definition) is 0. The zero-order valence-electron chi connectivity index (χ0n) is 19.4. The first-order valence-corrected chi connectivity index (χ1v) is 12.1. The van der Waals surface area contributed by atoms with Gasteiger partial charge in [0.2, 0.25) is 5.82 Å². The molecular weight excluding hydrogens is 428 g/mol. The van der Waals surface area contributed by atoms with Gasteiger partial charge in [-0.3, -0.25) is 0 Å². The summed E-state index contributed by atoms with van der Waals surface area (Å²) in [6, 6.07) is 6.57. The van der Waals surface area contributed by atoms with E-state index in [2.05, 4.69) is 6.58 Å². The molecule has 0 saturated heterocycles. The monoisotopic (exact) mass is 462 g/mol. The van der Waals surface area contributed by atoms with Gasteiger partial charge in [-0.05, 0) is 99.3 Å². The van der Waals surface area contributed by atoms with Crippen LogP contribution < -0.4 is 4.74 Å². The van der Waals surface area contributed by atoms with Crippen molar-refractivity contribution in [3.8, 4) is 5.75 Å². The van der Waals surface area contributed by atoms with Crippen LogP contribution in [0.1, 0.15) is 80.9 Å². The Bertz CT molecular complexity index is 932. The minimum atomic E-state index is -0.921. The number of allylic oxidation sites excluding steroid dienone is 1. The van der Waals surface area contributed by atoms with Crippen LogP contribution in [0.4, 0.5) is 17.6 Å². The topological polar surface area (TPSA) is 9.23 Å². The van der Waals surface area contributed by atoms with Crippen molar-refractivity contribution in [3.05, 3.63) is 76.9 Å². The second-order valence-corrected chi connectivity index (χ2v) is 9.02. The fourth-order valence-corrected chi connectivity index (χ4v) is 4.92. The minimum absolute atomic E-state index is 0.0376. The molecule has 33 heavy (non-hydrogen) atoms. The predicted molar refractivity (Wildman–Crippen MR) is 125 cm³/mol. The first-order chi connectivity index (χ1) is 16.0. The third kappa shape index (κ3) is 6.39. The van der Waals surface area contributed by atoms with Crippen molar-refractivity contribution in [1.29, 1.82) is 0 Å². The van der Waals surface area contributed by atoms with E-state index in [0.717, 1.165) is 51.4 Å². The maximum Gasteiger partial charge on any atom is 0.200 e. The van der Waals surface area contributed by atoms with Crippen molar-refractivity contribution in [3.63, 3.8) is 0 Å². The van der Waals surface area contributed by atoms with Crippen LogP contribution in [-0.4, -0.2) is 6.61 Å². The Morgan fingerprint density at radius 1 is 0.848 bits per heavy atom. The van der Waals surface area contributed by atoms with Gasteiger partial charge in [-0.25, -0.2) is 13.2 Å². The average Bonchev–Trinajstić information content (AvgIpc) is 2.82. The van der Waals surface area contributed by atoms with Gasteiger partial charge < -0.3 is 4.74 Å². The van der Waals surface area contributed by atoms with E-state index in [1.807, 2.05) is 0 Å². The SMILES string of the molecule is C=CCCCc1ccc(C2CCC(CCCc3ccc(OCC)c(F)c3F)CC2)c(F)c1F. The first kappa shape index (κ1) is 25.3. The highest BCUT2D eigenvalue weighted by Gasteiger charge is 2.26. The van der Waals surface area contributed by atoms with Crippen molar-refractivity contribution >= 4 is 0 Å². The fourth-order valence-electron chi connectivity index (χ4n) is 4.92. The maximum atomic E-state index is 14.7. The van der Waals surface area contributed by atoms with E-state index in [1.54, 1.807) is 31.2 Å². The Labute approximate surface area is 194 Å². The third-order valence-electron chi connectivity index (χ3n) is 6.82. The molecule has 0 N–H and O–H groups in total. The van der Waals surface area contributed by atoms with E-state index in [1.165, 1.54) is 6.07 Å². The molecule has 5 heteroatoms. The van der Waals surface area contributed by atoms with E-state index in [9.17, 15) is 17.6 Å². The zero-order valence-corrected chi connectivity index (χ0v) is 19.4. The van der Waals surface area contributed by atoms with Crippen molar-refractivity contribution in [2.24, 2.45) is 5.92 Å². The highest BCUT2D eigenvalue weighted by Crippen LogP contribution is 2.39. The van der Waals surface area contributed by atoms with Crippen LogP contribution in [0, 0.1) is 29.2 Å². The molecule has 2 aromatic carbocycles. The summed E-state index contributed by atoms with van der Waals surface area (Å²) < 4.78 is 62.6. The van der Waals surface area contributed by atoms with E-state index < -0.39 is 23.3 Å². The van der Waals surface area contributed by atoms with Crippen LogP contribution >= 0.6 is 0 Å². The summed E-state index contributed by atoms with van der Waals surface area (Å²) in [4.78, 5) is 0. The number of aryl methyl sites for hydroxylation is 2. The highest BCUT2D eigenvalue weighted by molar-refractivity contribution is 5.31. The Morgan fingerprint density at radius 2 is 1.48 bits per heavy atom. The van der Waals surface area contributed by atoms with Gasteiger partial charge in [0.05, 0.1) is 6.61 Å². The van der Waals surface area contributed by atoms with Crippen LogP contribution in [0.2, 0.25) is 0 Å². The van der Waals surface area contributed by atoms with Crippen molar-refractivity contribution in [2.75, 3.05) is 6.61 Å². The summed E-state index contributed by atoms with van der Waals surface area (Å²) in [5.41, 5.74) is 1.30. The van der Waals surface area contributed by atoms with Gasteiger partial charge in [-0.2, -0.15) is 4.39 Å². The molecule has 1 aliphatic rings. The molecule has 1 aliphatic carbocycles. The van der Waals surface area contributed by atoms with Crippen LogP contribution in [0.3, 0.4) is 0 Å². The standard InChI is InChI=1S/C28H34F4O/c1-3-5-6-9-21-15-17-23(27(31)25(21)29)20-13-11-19(12-14-20)8-7-10-22-16-18-24(33-4-2)28(32)26(22)30/h3,15-20H,1,4-14H2,2H3. The molecule has 0 spiro atoms. The smallest absolute Gasteiger partial charge is 0.200 e. The molecule has 1 nitrogen and oxygen atoms in total. The number of rotatable bonds is 11. The highest BCUT2D eigenvalue weighted by atomic mass is 19.2. The number of ether oxygens (including phenoxy) is 1. The van der Waals surface area contributed by atoms with Crippen LogP contribution in [0.25, 0.3) is 0 Å². The third-order valence-corrected chi connectivity index (χ3v) is 6.82. The Morgan fingerprint density at radius 3 is 2.15 bits per heavy atom. The molecule has 0 aliphatic heterocycles. The molecule has 180 valence electrons. The summed E-state index contributed by atoms with van der Waals surface area (Å²) in [5.74, 6) is -2.68. The van der Waals surface area contributed by atoms with Gasteiger partial charge in [-0.1, -0.05) is 30.7 Å². The number of benzene rings is 2. The lowest BCUT2D eigenvalue weighted by Gasteiger charge is -2.29. The van der Waals surface area contributed by atoms with Gasteiger partial charge >= 0.3 is 0 Å². The first-order valence-electron chi connectivity index (χ1n) is 12.1. The lowest BCUT2D eigenvalue weighted by Crippen LogP contribution is -2.15. The molecule has 2 aromatic rings. The second-order valence-electron chi connectivity index (χ2n) is 9.02. The van der Waals surface area contributed by atoms with Crippen molar-refractivity contribution in [2.45, 2.75) is 77.0 Å². The largest absolute Gasteiger partial charge is 0.491 e. The van der Waals surface area contributed by atoms with E-state index in [0.29, 0.717) is 35.4 Å².